The van der Waals surface area contributed by atoms with Crippen molar-refractivity contribution in [2.75, 3.05) is 25.1 Å². The Morgan fingerprint density at radius 2 is 2.15 bits per heavy atom. The quantitative estimate of drug-likeness (QED) is 0.817. The van der Waals surface area contributed by atoms with Gasteiger partial charge in [-0.05, 0) is 25.5 Å². The number of anilines is 1. The summed E-state index contributed by atoms with van der Waals surface area (Å²) < 4.78 is 5.10. The highest BCUT2D eigenvalue weighted by Gasteiger charge is 2.19. The maximum Gasteiger partial charge on any atom is 0.342 e. The lowest BCUT2D eigenvalue weighted by atomic mass is 10.0. The van der Waals surface area contributed by atoms with Gasteiger partial charge in [0.25, 0.3) is 0 Å². The number of aliphatic hydroxyl groups excluding tert-OH is 1. The molecule has 2 aromatic rings. The maximum absolute atomic E-state index is 12.1. The third-order valence-corrected chi connectivity index (χ3v) is 3.04. The highest BCUT2D eigenvalue weighted by Crippen LogP contribution is 2.26. The molecular weight excluding hydrogens is 256 g/mol. The summed E-state index contributed by atoms with van der Waals surface area (Å²) in [5.41, 5.74) is 2.06. The number of benzene rings is 1. The van der Waals surface area contributed by atoms with Crippen molar-refractivity contribution in [3.63, 3.8) is 0 Å². The summed E-state index contributed by atoms with van der Waals surface area (Å²) in [6.07, 6.45) is 0. The lowest BCUT2D eigenvalue weighted by Gasteiger charge is -2.14. The zero-order valence-electron chi connectivity index (χ0n) is 11.6. The fraction of sp³-hybridized carbons (Fsp3) is 0.333. The summed E-state index contributed by atoms with van der Waals surface area (Å²) in [4.78, 5) is 16.6. The molecule has 106 valence electrons. The first-order valence-corrected chi connectivity index (χ1v) is 6.60. The minimum Gasteiger partial charge on any atom is -0.462 e. The maximum atomic E-state index is 12.1. The Labute approximate surface area is 117 Å². The zero-order chi connectivity index (χ0) is 14.5. The lowest BCUT2D eigenvalue weighted by Crippen LogP contribution is -2.15. The number of hydrogen-bond donors (Lipinski definition) is 2. The Morgan fingerprint density at radius 3 is 2.85 bits per heavy atom. The average molecular weight is 274 g/mol. The molecule has 0 aliphatic carbocycles. The van der Waals surface area contributed by atoms with E-state index in [-0.39, 0.29) is 6.61 Å². The molecular formula is C15H18N2O3. The molecule has 0 saturated heterocycles. The zero-order valence-corrected chi connectivity index (χ0v) is 11.6. The van der Waals surface area contributed by atoms with Crippen LogP contribution >= 0.6 is 0 Å². The topological polar surface area (TPSA) is 71.5 Å². The van der Waals surface area contributed by atoms with E-state index in [1.807, 2.05) is 31.2 Å². The summed E-state index contributed by atoms with van der Waals surface area (Å²) in [6.45, 7) is 4.25. The summed E-state index contributed by atoms with van der Waals surface area (Å²) in [5.74, 6) is 0.0531. The number of nitrogens with one attached hydrogen (secondary N) is 1. The lowest BCUT2D eigenvalue weighted by molar-refractivity contribution is 0.0526. The van der Waals surface area contributed by atoms with Gasteiger partial charge >= 0.3 is 5.97 Å². The van der Waals surface area contributed by atoms with Crippen LogP contribution in [0.25, 0.3) is 10.9 Å². The van der Waals surface area contributed by atoms with Crippen molar-refractivity contribution in [3.05, 3.63) is 35.4 Å². The van der Waals surface area contributed by atoms with E-state index in [0.29, 0.717) is 24.5 Å². The van der Waals surface area contributed by atoms with Crippen LogP contribution in [-0.4, -0.2) is 35.8 Å². The number of hydrogen-bond acceptors (Lipinski definition) is 5. The van der Waals surface area contributed by atoms with Crippen molar-refractivity contribution < 1.29 is 14.6 Å². The van der Waals surface area contributed by atoms with Gasteiger partial charge in [-0.15, -0.1) is 0 Å². The number of fused-ring (bicyclic) bond motifs is 1. The smallest absolute Gasteiger partial charge is 0.342 e. The number of aliphatic hydroxyl groups is 1. The van der Waals surface area contributed by atoms with E-state index in [1.54, 1.807) is 6.92 Å². The first kappa shape index (κ1) is 14.3. The molecule has 2 rings (SSSR count). The van der Waals surface area contributed by atoms with E-state index >= 15 is 0 Å². The van der Waals surface area contributed by atoms with E-state index < -0.39 is 5.97 Å². The average Bonchev–Trinajstić information content (AvgIpc) is 2.45. The third kappa shape index (κ3) is 2.72. The SMILES string of the molecule is CCOC(=O)c1c(NCCO)nc2ccccc2c1C. The molecule has 1 heterocycles. The van der Waals surface area contributed by atoms with Crippen LogP contribution in [0.1, 0.15) is 22.8 Å². The van der Waals surface area contributed by atoms with E-state index in [2.05, 4.69) is 10.3 Å². The number of carbonyl (C=O) groups is 1. The van der Waals surface area contributed by atoms with Crippen LogP contribution in [0, 0.1) is 6.92 Å². The molecule has 0 aliphatic heterocycles. The molecule has 1 aromatic carbocycles. The fourth-order valence-electron chi connectivity index (χ4n) is 2.13. The second kappa shape index (κ2) is 6.34. The monoisotopic (exact) mass is 274 g/mol. The molecule has 0 spiro atoms. The van der Waals surface area contributed by atoms with Crippen LogP contribution in [0.4, 0.5) is 5.82 Å². The van der Waals surface area contributed by atoms with Gasteiger partial charge in [0.2, 0.25) is 0 Å². The van der Waals surface area contributed by atoms with Crippen LogP contribution in [0.5, 0.6) is 0 Å². The molecule has 20 heavy (non-hydrogen) atoms. The number of nitrogens with zero attached hydrogens (tertiary/aromatic N) is 1. The summed E-state index contributed by atoms with van der Waals surface area (Å²) in [5, 5.41) is 12.8. The van der Waals surface area contributed by atoms with E-state index in [9.17, 15) is 4.79 Å². The Kier molecular flexibility index (Phi) is 4.53. The van der Waals surface area contributed by atoms with Crippen molar-refractivity contribution in [1.29, 1.82) is 0 Å². The van der Waals surface area contributed by atoms with E-state index in [4.69, 9.17) is 9.84 Å². The van der Waals surface area contributed by atoms with Crippen LogP contribution < -0.4 is 5.32 Å². The number of rotatable bonds is 5. The number of pyridine rings is 1. The van der Waals surface area contributed by atoms with Crippen molar-refractivity contribution in [1.82, 2.24) is 4.98 Å². The Bertz CT molecular complexity index is 626. The highest BCUT2D eigenvalue weighted by atomic mass is 16.5. The van der Waals surface area contributed by atoms with Crippen LogP contribution in [0.15, 0.2) is 24.3 Å². The van der Waals surface area contributed by atoms with Gasteiger partial charge in [0.05, 0.1) is 18.7 Å². The van der Waals surface area contributed by atoms with Crippen molar-refractivity contribution in [3.8, 4) is 0 Å². The van der Waals surface area contributed by atoms with Crippen molar-refractivity contribution >= 4 is 22.7 Å². The number of para-hydroxylation sites is 1. The first-order chi connectivity index (χ1) is 9.69. The number of carbonyl (C=O) groups excluding carboxylic acids is 1. The van der Waals surface area contributed by atoms with Crippen LogP contribution in [-0.2, 0) is 4.74 Å². The molecule has 5 heteroatoms. The third-order valence-electron chi connectivity index (χ3n) is 3.04. The van der Waals surface area contributed by atoms with Gasteiger partial charge in [0, 0.05) is 11.9 Å². The van der Waals surface area contributed by atoms with Gasteiger partial charge in [-0.25, -0.2) is 9.78 Å². The first-order valence-electron chi connectivity index (χ1n) is 6.60. The van der Waals surface area contributed by atoms with E-state index in [1.165, 1.54) is 0 Å². The molecule has 0 fully saturated rings. The minimum absolute atomic E-state index is 0.0319. The summed E-state index contributed by atoms with van der Waals surface area (Å²) >= 11 is 0. The molecule has 0 unspecified atom stereocenters. The molecule has 0 aliphatic rings. The van der Waals surface area contributed by atoms with Gasteiger partial charge in [-0.2, -0.15) is 0 Å². The van der Waals surface area contributed by atoms with Crippen molar-refractivity contribution in [2.45, 2.75) is 13.8 Å². The molecule has 0 saturated carbocycles. The second-order valence-electron chi connectivity index (χ2n) is 4.35. The molecule has 2 N–H and O–H groups in total. The van der Waals surface area contributed by atoms with Gasteiger partial charge in [-0.3, -0.25) is 0 Å². The standard InChI is InChI=1S/C15H18N2O3/c1-3-20-15(19)13-10(2)11-6-4-5-7-12(11)17-14(13)16-8-9-18/h4-7,18H,3,8-9H2,1-2H3,(H,16,17). The predicted octanol–water partition coefficient (Wildman–Crippen LogP) is 2.12. The van der Waals surface area contributed by atoms with Crippen LogP contribution in [0.2, 0.25) is 0 Å². The normalized spacial score (nSPS) is 10.6. The summed E-state index contributed by atoms with van der Waals surface area (Å²) in [6, 6.07) is 7.62. The van der Waals surface area contributed by atoms with Gasteiger partial charge in [0.15, 0.2) is 0 Å². The number of aromatic nitrogens is 1. The Balaban J connectivity index is 2.60. The van der Waals surface area contributed by atoms with Crippen LogP contribution in [0.3, 0.4) is 0 Å². The highest BCUT2D eigenvalue weighted by molar-refractivity contribution is 6.02. The molecule has 5 nitrogen and oxygen atoms in total. The minimum atomic E-state index is -0.399. The Hall–Kier alpha value is -2.14. The Morgan fingerprint density at radius 1 is 1.40 bits per heavy atom. The van der Waals surface area contributed by atoms with Gasteiger partial charge in [-0.1, -0.05) is 18.2 Å². The van der Waals surface area contributed by atoms with E-state index in [0.717, 1.165) is 16.5 Å². The predicted molar refractivity (Wildman–Crippen MR) is 78.0 cm³/mol. The molecule has 0 atom stereocenters. The number of ether oxygens (including phenoxy) is 1. The second-order valence-corrected chi connectivity index (χ2v) is 4.35. The van der Waals surface area contributed by atoms with Gasteiger partial charge in [0.1, 0.15) is 11.4 Å². The van der Waals surface area contributed by atoms with Gasteiger partial charge < -0.3 is 15.2 Å². The summed E-state index contributed by atoms with van der Waals surface area (Å²) in [7, 11) is 0. The number of aryl methyl sites for hydroxylation is 1. The largest absolute Gasteiger partial charge is 0.462 e. The number of esters is 1. The molecule has 0 radical (unpaired) electrons. The molecule has 1 aromatic heterocycles. The fourth-order valence-corrected chi connectivity index (χ4v) is 2.13. The molecule has 0 bridgehead atoms. The van der Waals surface area contributed by atoms with Crippen molar-refractivity contribution in [2.24, 2.45) is 0 Å². The molecule has 0 amide bonds.